The highest BCUT2D eigenvalue weighted by atomic mass is 16.6. The first-order chi connectivity index (χ1) is 14.6. The first kappa shape index (κ1) is 19.5. The number of imidazole rings is 1. The van der Waals surface area contributed by atoms with Crippen LogP contribution in [-0.2, 0) is 5.54 Å². The van der Waals surface area contributed by atoms with Gasteiger partial charge >= 0.3 is 0 Å². The van der Waals surface area contributed by atoms with Crippen molar-refractivity contribution in [3.8, 4) is 0 Å². The van der Waals surface area contributed by atoms with Gasteiger partial charge in [-0.2, -0.15) is 0 Å². The molecule has 1 atom stereocenters. The highest BCUT2D eigenvalue weighted by molar-refractivity contribution is 5.50. The second-order valence-electron chi connectivity index (χ2n) is 7.05. The van der Waals surface area contributed by atoms with Crippen LogP contribution in [0, 0.1) is 10.1 Å². The number of aliphatic hydroxyl groups excluding tert-OH is 1. The summed E-state index contributed by atoms with van der Waals surface area (Å²) in [5, 5.41) is 21.1. The Balaban J connectivity index is 1.99. The molecule has 1 heterocycles. The molecule has 1 aromatic heterocycles. The van der Waals surface area contributed by atoms with Gasteiger partial charge in [-0.3, -0.25) is 10.1 Å². The van der Waals surface area contributed by atoms with Gasteiger partial charge in [0.25, 0.3) is 0 Å². The summed E-state index contributed by atoms with van der Waals surface area (Å²) < 4.78 is 1.92. The lowest BCUT2D eigenvalue weighted by atomic mass is 9.77. The zero-order chi connectivity index (χ0) is 21.0. The fourth-order valence-electron chi connectivity index (χ4n) is 3.91. The van der Waals surface area contributed by atoms with Gasteiger partial charge < -0.3 is 9.67 Å². The molecule has 3 aromatic carbocycles. The van der Waals surface area contributed by atoms with E-state index in [9.17, 15) is 15.2 Å². The maximum absolute atomic E-state index is 10.9. The van der Waals surface area contributed by atoms with Crippen molar-refractivity contribution in [2.75, 3.05) is 6.54 Å². The average molecular weight is 399 g/mol. The van der Waals surface area contributed by atoms with E-state index in [0.717, 1.165) is 16.7 Å². The molecule has 1 unspecified atom stereocenters. The van der Waals surface area contributed by atoms with Crippen LogP contribution in [-0.4, -0.2) is 26.1 Å². The van der Waals surface area contributed by atoms with Gasteiger partial charge in [-0.25, -0.2) is 4.98 Å². The molecule has 0 radical (unpaired) electrons. The van der Waals surface area contributed by atoms with Gasteiger partial charge in [-0.05, 0) is 16.7 Å². The van der Waals surface area contributed by atoms with E-state index in [1.165, 1.54) is 0 Å². The maximum Gasteiger partial charge on any atom is 0.235 e. The first-order valence-corrected chi connectivity index (χ1v) is 9.63. The Morgan fingerprint density at radius 1 is 0.867 bits per heavy atom. The number of aromatic nitrogens is 2. The highest BCUT2D eigenvalue weighted by Crippen LogP contribution is 2.41. The third-order valence-corrected chi connectivity index (χ3v) is 5.23. The summed E-state index contributed by atoms with van der Waals surface area (Å²) in [4.78, 5) is 14.6. The Morgan fingerprint density at radius 3 is 1.70 bits per heavy atom. The molecule has 4 rings (SSSR count). The van der Waals surface area contributed by atoms with Gasteiger partial charge in [-0.15, -0.1) is 0 Å². The summed E-state index contributed by atoms with van der Waals surface area (Å²) in [6, 6.07) is 30.1. The van der Waals surface area contributed by atoms with Crippen molar-refractivity contribution >= 4 is 0 Å². The molecule has 0 fully saturated rings. The van der Waals surface area contributed by atoms with Crippen LogP contribution in [0.2, 0.25) is 0 Å². The Morgan fingerprint density at radius 2 is 1.30 bits per heavy atom. The Hall–Kier alpha value is -3.77. The Bertz CT molecular complexity index is 1020. The molecule has 150 valence electrons. The molecule has 1 N–H and O–H groups in total. The quantitative estimate of drug-likeness (QED) is 0.289. The molecule has 30 heavy (non-hydrogen) atoms. The molecule has 0 amide bonds. The minimum absolute atomic E-state index is 0.263. The molecular weight excluding hydrogens is 378 g/mol. The minimum atomic E-state index is -1.28. The molecule has 0 aliphatic carbocycles. The van der Waals surface area contributed by atoms with E-state index >= 15 is 0 Å². The minimum Gasteiger partial charge on any atom is -0.380 e. The lowest BCUT2D eigenvalue weighted by Crippen LogP contribution is -2.37. The summed E-state index contributed by atoms with van der Waals surface area (Å²) in [6.07, 6.45) is 2.05. The second kappa shape index (κ2) is 8.31. The lowest BCUT2D eigenvalue weighted by Gasteiger charge is -2.37. The normalized spacial score (nSPS) is 12.4. The summed E-state index contributed by atoms with van der Waals surface area (Å²) in [7, 11) is 0. The summed E-state index contributed by atoms with van der Waals surface area (Å²) in [5.41, 5.74) is 2.53. The molecule has 0 aliphatic rings. The fourth-order valence-corrected chi connectivity index (χ4v) is 3.91. The summed E-state index contributed by atoms with van der Waals surface area (Å²) in [6.45, 7) is -0.591. The molecule has 6 heteroatoms. The van der Waals surface area contributed by atoms with Crippen LogP contribution in [0.4, 0.5) is 0 Å². The van der Waals surface area contributed by atoms with E-state index in [1.807, 2.05) is 95.6 Å². The van der Waals surface area contributed by atoms with Gasteiger partial charge in [0.05, 0.1) is 12.0 Å². The molecule has 0 aliphatic heterocycles. The zero-order valence-electron chi connectivity index (χ0n) is 16.2. The molecular formula is C24H21N3O3. The first-order valence-electron chi connectivity index (χ1n) is 9.63. The fraction of sp³-hybridized carbons (Fsp3) is 0.125. The van der Waals surface area contributed by atoms with E-state index in [1.54, 1.807) is 12.5 Å². The van der Waals surface area contributed by atoms with Crippen molar-refractivity contribution < 1.29 is 10.0 Å². The number of rotatable bonds is 7. The van der Waals surface area contributed by atoms with Crippen molar-refractivity contribution in [3.05, 3.63) is 136 Å². The van der Waals surface area contributed by atoms with Crippen LogP contribution < -0.4 is 0 Å². The molecule has 6 nitrogen and oxygen atoms in total. The van der Waals surface area contributed by atoms with Crippen molar-refractivity contribution in [2.45, 2.75) is 11.6 Å². The average Bonchev–Trinajstić information content (AvgIpc) is 3.27. The molecule has 0 saturated carbocycles. The highest BCUT2D eigenvalue weighted by Gasteiger charge is 2.38. The van der Waals surface area contributed by atoms with Crippen molar-refractivity contribution in [1.82, 2.24) is 9.55 Å². The van der Waals surface area contributed by atoms with Crippen LogP contribution in [0.25, 0.3) is 0 Å². The van der Waals surface area contributed by atoms with Gasteiger partial charge in [0, 0.05) is 11.1 Å². The number of nitrogens with zero attached hydrogens (tertiary/aromatic N) is 3. The van der Waals surface area contributed by atoms with Gasteiger partial charge in [0.1, 0.15) is 5.54 Å². The van der Waals surface area contributed by atoms with Gasteiger partial charge in [-0.1, -0.05) is 91.0 Å². The third kappa shape index (κ3) is 3.49. The van der Waals surface area contributed by atoms with E-state index in [2.05, 4.69) is 4.98 Å². The SMILES string of the molecule is O=[N+]([O-])CC(O)c1cn(C(c2ccccc2)(c2ccccc2)c2ccccc2)cn1. The predicted molar refractivity (Wildman–Crippen MR) is 114 cm³/mol. The monoisotopic (exact) mass is 399 g/mol. The number of hydrogen-bond acceptors (Lipinski definition) is 4. The number of hydrogen-bond donors (Lipinski definition) is 1. The van der Waals surface area contributed by atoms with E-state index in [4.69, 9.17) is 0 Å². The van der Waals surface area contributed by atoms with Crippen molar-refractivity contribution in [1.29, 1.82) is 0 Å². The van der Waals surface area contributed by atoms with Crippen LogP contribution in [0.1, 0.15) is 28.5 Å². The third-order valence-electron chi connectivity index (χ3n) is 5.23. The number of aliphatic hydroxyl groups is 1. The largest absolute Gasteiger partial charge is 0.380 e. The van der Waals surface area contributed by atoms with Crippen LogP contribution >= 0.6 is 0 Å². The molecule has 4 aromatic rings. The maximum atomic E-state index is 10.9. The Labute approximate surface area is 174 Å². The number of nitro groups is 1. The lowest BCUT2D eigenvalue weighted by molar-refractivity contribution is -0.491. The molecule has 0 bridgehead atoms. The second-order valence-corrected chi connectivity index (χ2v) is 7.05. The smallest absolute Gasteiger partial charge is 0.235 e. The van der Waals surface area contributed by atoms with Gasteiger partial charge in [0.2, 0.25) is 6.54 Å². The topological polar surface area (TPSA) is 81.2 Å². The zero-order valence-corrected chi connectivity index (χ0v) is 16.2. The molecule has 0 spiro atoms. The van der Waals surface area contributed by atoms with E-state index in [-0.39, 0.29) is 5.69 Å². The Kier molecular flexibility index (Phi) is 5.41. The van der Waals surface area contributed by atoms with Crippen LogP contribution in [0.15, 0.2) is 104 Å². The predicted octanol–water partition coefficient (Wildman–Crippen LogP) is 4.03. The summed E-state index contributed by atoms with van der Waals surface area (Å²) in [5.74, 6) is 0. The molecule has 0 saturated heterocycles. The van der Waals surface area contributed by atoms with Crippen LogP contribution in [0.5, 0.6) is 0 Å². The van der Waals surface area contributed by atoms with Crippen LogP contribution in [0.3, 0.4) is 0 Å². The van der Waals surface area contributed by atoms with Crippen molar-refractivity contribution in [2.24, 2.45) is 0 Å². The van der Waals surface area contributed by atoms with Crippen molar-refractivity contribution in [3.63, 3.8) is 0 Å². The van der Waals surface area contributed by atoms with E-state index < -0.39 is 23.1 Å². The standard InChI is InChI=1S/C24H21N3O3/c28-23(17-27(29)30)22-16-26(18-25-22)24(19-10-4-1-5-11-19,20-12-6-2-7-13-20)21-14-8-3-9-15-21/h1-16,18,23,28H,17H2. The van der Waals surface area contributed by atoms with Gasteiger partial charge in [0.15, 0.2) is 6.10 Å². The number of benzene rings is 3. The van der Waals surface area contributed by atoms with E-state index in [0.29, 0.717) is 0 Å². The summed E-state index contributed by atoms with van der Waals surface area (Å²) >= 11 is 0.